The van der Waals surface area contributed by atoms with Gasteiger partial charge >= 0.3 is 0 Å². The predicted molar refractivity (Wildman–Crippen MR) is 112 cm³/mol. The number of amides is 1. The number of rotatable bonds is 8. The number of nitrogens with zero attached hydrogens (tertiary/aromatic N) is 1. The molecule has 5 nitrogen and oxygen atoms in total. The van der Waals surface area contributed by atoms with Crippen LogP contribution in [0, 0.1) is 5.92 Å². The highest BCUT2D eigenvalue weighted by Gasteiger charge is 2.33. The zero-order valence-electron chi connectivity index (χ0n) is 17.3. The second kappa shape index (κ2) is 10.6. The first-order chi connectivity index (χ1) is 14.1. The van der Waals surface area contributed by atoms with Gasteiger partial charge in [-0.15, -0.1) is 0 Å². The van der Waals surface area contributed by atoms with Crippen molar-refractivity contribution in [2.24, 2.45) is 10.9 Å². The fourth-order valence-electron chi connectivity index (χ4n) is 3.54. The lowest BCUT2D eigenvalue weighted by molar-refractivity contribution is -0.134. The fourth-order valence-corrected chi connectivity index (χ4v) is 3.54. The van der Waals surface area contributed by atoms with E-state index in [-0.39, 0.29) is 30.3 Å². The van der Waals surface area contributed by atoms with Gasteiger partial charge < -0.3 is 14.8 Å². The lowest BCUT2D eigenvalue weighted by atomic mass is 9.93. The lowest BCUT2D eigenvalue weighted by Crippen LogP contribution is -2.41. The Balaban J connectivity index is 1.63. The van der Waals surface area contributed by atoms with Crippen LogP contribution in [0.4, 0.5) is 4.39 Å². The van der Waals surface area contributed by atoms with E-state index >= 15 is 0 Å². The first kappa shape index (κ1) is 21.7. The maximum absolute atomic E-state index is 14.1. The smallest absolute Gasteiger partial charge is 0.228 e. The third kappa shape index (κ3) is 6.21. The third-order valence-electron chi connectivity index (χ3n) is 5.52. The summed E-state index contributed by atoms with van der Waals surface area (Å²) in [5.41, 5.74) is 1.87. The zero-order valence-corrected chi connectivity index (χ0v) is 17.3. The van der Waals surface area contributed by atoms with Crippen LogP contribution in [0.5, 0.6) is 0 Å². The minimum atomic E-state index is -0.474. The fraction of sp³-hybridized carbons (Fsp3) is 0.565. The van der Waals surface area contributed by atoms with E-state index in [4.69, 9.17) is 9.47 Å². The molecular formula is C23H31FN2O3. The Kier molecular flexibility index (Phi) is 7.95. The molecule has 0 bridgehead atoms. The molecule has 1 amide bonds. The van der Waals surface area contributed by atoms with Gasteiger partial charge in [-0.3, -0.25) is 9.79 Å². The van der Waals surface area contributed by atoms with Crippen molar-refractivity contribution in [3.63, 3.8) is 0 Å². The van der Waals surface area contributed by atoms with Gasteiger partial charge in [0.05, 0.1) is 18.1 Å². The number of allylic oxidation sites excluding steroid dienone is 4. The largest absolute Gasteiger partial charge is 0.370 e. The Bertz CT molecular complexity index is 734. The highest BCUT2D eigenvalue weighted by molar-refractivity contribution is 5.82. The topological polar surface area (TPSA) is 59.9 Å². The summed E-state index contributed by atoms with van der Waals surface area (Å²) in [4.78, 5) is 17.5. The summed E-state index contributed by atoms with van der Waals surface area (Å²) in [5.74, 6) is -0.858. The van der Waals surface area contributed by atoms with E-state index in [0.29, 0.717) is 18.6 Å². The Morgan fingerprint density at radius 3 is 2.86 bits per heavy atom. The second-order valence-electron chi connectivity index (χ2n) is 7.63. The van der Waals surface area contributed by atoms with Crippen LogP contribution >= 0.6 is 0 Å². The average molecular weight is 403 g/mol. The van der Waals surface area contributed by atoms with Gasteiger partial charge in [0.15, 0.2) is 6.23 Å². The number of ether oxygens (including phenoxy) is 2. The van der Waals surface area contributed by atoms with Crippen molar-refractivity contribution in [3.05, 3.63) is 47.4 Å². The summed E-state index contributed by atoms with van der Waals surface area (Å²) in [6, 6.07) is 0. The van der Waals surface area contributed by atoms with Gasteiger partial charge in [-0.25, -0.2) is 4.39 Å². The molecule has 0 aromatic rings. The van der Waals surface area contributed by atoms with Crippen molar-refractivity contribution in [3.8, 4) is 0 Å². The molecule has 3 rings (SSSR count). The van der Waals surface area contributed by atoms with Crippen LogP contribution in [0.1, 0.15) is 46.0 Å². The van der Waals surface area contributed by atoms with Crippen molar-refractivity contribution >= 4 is 12.1 Å². The summed E-state index contributed by atoms with van der Waals surface area (Å²) in [6.07, 6.45) is 14.2. The first-order valence-corrected chi connectivity index (χ1v) is 10.6. The minimum Gasteiger partial charge on any atom is -0.370 e. The number of halogens is 1. The summed E-state index contributed by atoms with van der Waals surface area (Å²) in [7, 11) is 0. The Morgan fingerprint density at radius 2 is 2.17 bits per heavy atom. The van der Waals surface area contributed by atoms with E-state index in [1.54, 1.807) is 18.4 Å². The number of aliphatic imine (C=N–C) groups is 1. The summed E-state index contributed by atoms with van der Waals surface area (Å²) < 4.78 is 25.6. The van der Waals surface area contributed by atoms with Gasteiger partial charge in [0.1, 0.15) is 5.83 Å². The first-order valence-electron chi connectivity index (χ1n) is 10.6. The molecule has 1 heterocycles. The molecule has 29 heavy (non-hydrogen) atoms. The lowest BCUT2D eigenvalue weighted by Gasteiger charge is -2.32. The minimum absolute atomic E-state index is 0.114. The molecule has 1 saturated carbocycles. The molecule has 3 aliphatic rings. The van der Waals surface area contributed by atoms with Crippen LogP contribution in [0.25, 0.3) is 0 Å². The average Bonchev–Trinajstić information content (AvgIpc) is 2.98. The molecule has 2 aliphatic carbocycles. The van der Waals surface area contributed by atoms with E-state index in [1.165, 1.54) is 24.1 Å². The maximum Gasteiger partial charge on any atom is 0.228 e. The number of nitrogens with one attached hydrogen (secondary N) is 1. The van der Waals surface area contributed by atoms with Gasteiger partial charge in [-0.1, -0.05) is 24.6 Å². The number of carbonyl (C=O) groups is 1. The van der Waals surface area contributed by atoms with Gasteiger partial charge in [-0.2, -0.15) is 0 Å². The van der Waals surface area contributed by atoms with Gasteiger partial charge in [0, 0.05) is 19.4 Å². The van der Waals surface area contributed by atoms with E-state index in [0.717, 1.165) is 19.3 Å². The van der Waals surface area contributed by atoms with E-state index < -0.39 is 12.3 Å². The van der Waals surface area contributed by atoms with Crippen LogP contribution in [0.3, 0.4) is 0 Å². The summed E-state index contributed by atoms with van der Waals surface area (Å²) >= 11 is 0. The van der Waals surface area contributed by atoms with E-state index in [2.05, 4.69) is 17.2 Å². The molecule has 0 aromatic carbocycles. The Hall–Kier alpha value is -2.05. The Labute approximate surface area is 172 Å². The van der Waals surface area contributed by atoms with Gasteiger partial charge in [-0.05, 0) is 62.8 Å². The maximum atomic E-state index is 14.1. The van der Waals surface area contributed by atoms with Crippen molar-refractivity contribution in [2.45, 2.75) is 64.4 Å². The van der Waals surface area contributed by atoms with Crippen LogP contribution in [-0.4, -0.2) is 43.7 Å². The van der Waals surface area contributed by atoms with Crippen molar-refractivity contribution in [1.82, 2.24) is 5.32 Å². The van der Waals surface area contributed by atoms with E-state index in [9.17, 15) is 9.18 Å². The highest BCUT2D eigenvalue weighted by Crippen LogP contribution is 2.30. The SMILES string of the molecule is CCO[C@@H]1C=CC(CNC(=O)[C@H]2CC(CC)=CC=N[C@H]2OC2CCC2)=CC(F)=C1. The molecule has 6 heteroatoms. The van der Waals surface area contributed by atoms with Crippen LogP contribution < -0.4 is 5.32 Å². The summed E-state index contributed by atoms with van der Waals surface area (Å²) in [6.45, 7) is 4.70. The molecule has 3 atom stereocenters. The normalized spacial score (nSPS) is 27.3. The van der Waals surface area contributed by atoms with E-state index in [1.807, 2.05) is 13.0 Å². The molecule has 0 unspecified atom stereocenters. The number of hydrogen-bond acceptors (Lipinski definition) is 4. The molecule has 1 N–H and O–H groups in total. The molecule has 0 radical (unpaired) electrons. The monoisotopic (exact) mass is 402 g/mol. The van der Waals surface area contributed by atoms with Crippen LogP contribution in [-0.2, 0) is 14.3 Å². The summed E-state index contributed by atoms with van der Waals surface area (Å²) in [5, 5.41) is 2.95. The van der Waals surface area contributed by atoms with Crippen molar-refractivity contribution in [1.29, 1.82) is 0 Å². The molecule has 158 valence electrons. The van der Waals surface area contributed by atoms with Crippen LogP contribution in [0.15, 0.2) is 52.3 Å². The number of carbonyl (C=O) groups excluding carboxylic acids is 1. The van der Waals surface area contributed by atoms with Crippen molar-refractivity contribution < 1.29 is 18.7 Å². The molecule has 0 aromatic heterocycles. The molecule has 1 aliphatic heterocycles. The highest BCUT2D eigenvalue weighted by atomic mass is 19.1. The molecule has 0 saturated heterocycles. The molecular weight excluding hydrogens is 371 g/mol. The molecule has 0 spiro atoms. The van der Waals surface area contributed by atoms with Gasteiger partial charge in [0.2, 0.25) is 5.91 Å². The number of hydrogen-bond donors (Lipinski definition) is 1. The Morgan fingerprint density at radius 1 is 1.34 bits per heavy atom. The third-order valence-corrected chi connectivity index (χ3v) is 5.52. The quantitative estimate of drug-likeness (QED) is 0.663. The van der Waals surface area contributed by atoms with Gasteiger partial charge in [0.25, 0.3) is 0 Å². The van der Waals surface area contributed by atoms with Crippen LogP contribution in [0.2, 0.25) is 0 Å². The standard InChI is InChI=1S/C23H31FN2O3/c1-3-16-10-11-25-23(29-19-6-5-7-19)21(13-16)22(27)26-15-17-8-9-20(28-4-2)14-18(24)12-17/h8-12,14,19-21,23H,3-7,13,15H2,1-2H3,(H,26,27)/t20-,21-,23+/m1/s1. The zero-order chi connectivity index (χ0) is 20.6. The van der Waals surface area contributed by atoms with Crippen molar-refractivity contribution in [2.75, 3.05) is 13.2 Å². The predicted octanol–water partition coefficient (Wildman–Crippen LogP) is 4.18. The molecule has 1 fully saturated rings. The second-order valence-corrected chi connectivity index (χ2v) is 7.63.